The van der Waals surface area contributed by atoms with Crippen molar-refractivity contribution in [3.05, 3.63) is 228 Å². The molecule has 2 heterocycles. The first-order chi connectivity index (χ1) is 30.6. The maximum Gasteiger partial charge on any atom is 0.247 e. The van der Waals surface area contributed by atoms with Gasteiger partial charge in [0.2, 0.25) is 11.8 Å². The molecule has 0 unspecified atom stereocenters. The summed E-state index contributed by atoms with van der Waals surface area (Å²) in [4.78, 5) is 15.4. The minimum absolute atomic E-state index is 0.0722. The molecule has 9 rings (SSSR count). The fourth-order valence-electron chi connectivity index (χ4n) is 8.47. The van der Waals surface area contributed by atoms with Crippen molar-refractivity contribution in [1.29, 1.82) is 0 Å². The third-order valence-corrected chi connectivity index (χ3v) is 11.7. The van der Waals surface area contributed by atoms with Crippen molar-refractivity contribution in [2.45, 2.75) is 43.9 Å². The van der Waals surface area contributed by atoms with Gasteiger partial charge < -0.3 is 28.8 Å². The highest BCUT2D eigenvalue weighted by molar-refractivity contribution is 5.78. The third kappa shape index (κ3) is 8.59. The second-order valence-corrected chi connectivity index (χ2v) is 15.6. The van der Waals surface area contributed by atoms with Crippen LogP contribution in [0.1, 0.15) is 45.8 Å². The number of hydrogen-bond donors (Lipinski definition) is 1. The van der Waals surface area contributed by atoms with Crippen molar-refractivity contribution in [1.82, 2.24) is 19.5 Å². The fraction of sp³-hybridized carbons (Fsp3) is 0.189. The van der Waals surface area contributed by atoms with Crippen molar-refractivity contribution in [3.8, 4) is 11.6 Å². The van der Waals surface area contributed by atoms with Gasteiger partial charge in [0.05, 0.1) is 45.4 Å². The molecule has 6 aromatic carbocycles. The second-order valence-electron chi connectivity index (χ2n) is 15.6. The summed E-state index contributed by atoms with van der Waals surface area (Å²) in [6.07, 6.45) is 2.34. The summed E-state index contributed by atoms with van der Waals surface area (Å²) in [5.74, 6) is 1.42. The van der Waals surface area contributed by atoms with E-state index in [4.69, 9.17) is 40.5 Å². The van der Waals surface area contributed by atoms with E-state index in [0.717, 1.165) is 44.7 Å². The van der Waals surface area contributed by atoms with Crippen LogP contribution in [0, 0.1) is 5.92 Å². The Morgan fingerprint density at radius 1 is 0.645 bits per heavy atom. The Morgan fingerprint density at radius 2 is 1.18 bits per heavy atom. The molecule has 9 heteroatoms. The Balaban J connectivity index is 1.13. The van der Waals surface area contributed by atoms with E-state index in [-0.39, 0.29) is 18.1 Å². The zero-order valence-corrected chi connectivity index (χ0v) is 34.7. The molecule has 310 valence electrons. The number of nitrogens with zero attached hydrogens (tertiary/aromatic N) is 4. The largest absolute Gasteiger partial charge is 0.497 e. The van der Waals surface area contributed by atoms with Gasteiger partial charge in [0, 0.05) is 5.92 Å². The van der Waals surface area contributed by atoms with Crippen LogP contribution in [0.25, 0.3) is 11.2 Å². The van der Waals surface area contributed by atoms with Crippen molar-refractivity contribution in [2.24, 2.45) is 5.92 Å². The molecule has 3 atom stereocenters. The van der Waals surface area contributed by atoms with E-state index in [9.17, 15) is 0 Å². The predicted molar refractivity (Wildman–Crippen MR) is 243 cm³/mol. The Morgan fingerprint density at radius 3 is 1.76 bits per heavy atom. The van der Waals surface area contributed by atoms with Crippen molar-refractivity contribution < 1.29 is 18.9 Å². The third-order valence-electron chi connectivity index (χ3n) is 11.7. The molecule has 0 bridgehead atoms. The van der Waals surface area contributed by atoms with Crippen LogP contribution in [0.5, 0.6) is 11.6 Å². The summed E-state index contributed by atoms with van der Waals surface area (Å²) in [6, 6.07) is 59.2. The van der Waals surface area contributed by atoms with E-state index in [2.05, 4.69) is 70.5 Å². The molecule has 2 aromatic heterocycles. The maximum absolute atomic E-state index is 6.73. The lowest BCUT2D eigenvalue weighted by Crippen LogP contribution is -2.38. The first-order valence-corrected chi connectivity index (χ1v) is 21.0. The van der Waals surface area contributed by atoms with Crippen LogP contribution >= 0.6 is 0 Å². The van der Waals surface area contributed by atoms with E-state index in [0.29, 0.717) is 55.8 Å². The molecular formula is C53H49N5O4. The van der Waals surface area contributed by atoms with Gasteiger partial charge in [0.25, 0.3) is 0 Å². The number of ether oxygens (including phenoxy) is 4. The van der Waals surface area contributed by atoms with E-state index < -0.39 is 5.54 Å². The standard InChI is InChI=1S/C53H49N5O4/c1-38-46(36-60-33-39-18-8-3-9-19-39)48(61-34-40-20-10-4-11-21-40)32-47(38)58-37-54-49-50(58)55-52(56-51(49)62-35-41-22-12-5-13-23-41)57-53(42-24-14-6-15-25-42,43-26-16-7-17-27-43)44-28-30-45(59-2)31-29-44/h3-31,37,46-48H,1,32-36H2,2H3,(H,55,56,57)/t46-,47-,48-/m0/s1. The van der Waals surface area contributed by atoms with Crippen LogP contribution < -0.4 is 14.8 Å². The van der Waals surface area contributed by atoms with Crippen molar-refractivity contribution >= 4 is 17.1 Å². The zero-order chi connectivity index (χ0) is 42.1. The van der Waals surface area contributed by atoms with Crippen molar-refractivity contribution in [3.63, 3.8) is 0 Å². The van der Waals surface area contributed by atoms with Crippen LogP contribution in [-0.4, -0.2) is 39.3 Å². The van der Waals surface area contributed by atoms with Crippen LogP contribution in [-0.2, 0) is 34.8 Å². The van der Waals surface area contributed by atoms with Gasteiger partial charge in [-0.25, -0.2) is 4.98 Å². The number of methoxy groups -OCH3 is 1. The average Bonchev–Trinajstić information content (AvgIpc) is 3.90. The molecule has 1 aliphatic rings. The Hall–Kier alpha value is -7.07. The van der Waals surface area contributed by atoms with Gasteiger partial charge in [-0.15, -0.1) is 0 Å². The molecule has 1 saturated carbocycles. The molecule has 62 heavy (non-hydrogen) atoms. The smallest absolute Gasteiger partial charge is 0.247 e. The van der Waals surface area contributed by atoms with Gasteiger partial charge in [-0.3, -0.25) is 0 Å². The van der Waals surface area contributed by atoms with Gasteiger partial charge in [-0.05, 0) is 57.5 Å². The molecule has 8 aromatic rings. The van der Waals surface area contributed by atoms with Crippen LogP contribution in [0.15, 0.2) is 194 Å². The lowest BCUT2D eigenvalue weighted by atomic mass is 9.77. The van der Waals surface area contributed by atoms with Gasteiger partial charge in [0.1, 0.15) is 17.9 Å². The number of rotatable bonds is 17. The molecule has 1 aliphatic carbocycles. The minimum atomic E-state index is -0.932. The summed E-state index contributed by atoms with van der Waals surface area (Å²) in [5, 5.41) is 3.88. The van der Waals surface area contributed by atoms with Gasteiger partial charge in [0.15, 0.2) is 11.2 Å². The molecular weight excluding hydrogens is 771 g/mol. The SMILES string of the molecule is C=C1[C@H](COCc2ccccc2)[C@@H](OCc2ccccc2)C[C@@H]1n1cnc2c(OCc3ccccc3)nc(NC(c3ccccc3)(c3ccccc3)c3ccc(OC)cc3)nc21. The highest BCUT2D eigenvalue weighted by Gasteiger charge is 2.41. The van der Waals surface area contributed by atoms with Gasteiger partial charge in [-0.1, -0.05) is 170 Å². The Bertz CT molecular complexity index is 2640. The molecule has 0 spiro atoms. The topological polar surface area (TPSA) is 92.6 Å². The number of fused-ring (bicyclic) bond motifs is 1. The van der Waals surface area contributed by atoms with Crippen LogP contribution in [0.2, 0.25) is 0 Å². The molecule has 0 aliphatic heterocycles. The fourth-order valence-corrected chi connectivity index (χ4v) is 8.47. The van der Waals surface area contributed by atoms with E-state index in [1.54, 1.807) is 7.11 Å². The first kappa shape index (κ1) is 40.3. The normalized spacial score (nSPS) is 16.3. The summed E-state index contributed by atoms with van der Waals surface area (Å²) in [7, 11) is 1.68. The summed E-state index contributed by atoms with van der Waals surface area (Å²) >= 11 is 0. The highest BCUT2D eigenvalue weighted by Crippen LogP contribution is 2.44. The number of nitrogens with one attached hydrogen (secondary N) is 1. The minimum Gasteiger partial charge on any atom is -0.497 e. The number of imidazole rings is 1. The zero-order valence-electron chi connectivity index (χ0n) is 34.7. The summed E-state index contributed by atoms with van der Waals surface area (Å²) < 4.78 is 27.4. The molecule has 0 saturated heterocycles. The first-order valence-electron chi connectivity index (χ1n) is 21.0. The number of hydrogen-bond acceptors (Lipinski definition) is 8. The summed E-state index contributed by atoms with van der Waals surface area (Å²) in [6.45, 7) is 6.45. The Kier molecular flexibility index (Phi) is 12.2. The lowest BCUT2D eigenvalue weighted by molar-refractivity contribution is -0.0122. The number of anilines is 1. The van der Waals surface area contributed by atoms with Crippen LogP contribution in [0.4, 0.5) is 5.95 Å². The van der Waals surface area contributed by atoms with Crippen LogP contribution in [0.3, 0.4) is 0 Å². The molecule has 0 amide bonds. The maximum atomic E-state index is 6.73. The summed E-state index contributed by atoms with van der Waals surface area (Å²) in [5.41, 5.74) is 7.45. The Labute approximate surface area is 362 Å². The predicted octanol–water partition coefficient (Wildman–Crippen LogP) is 10.7. The van der Waals surface area contributed by atoms with E-state index in [1.807, 2.05) is 122 Å². The lowest BCUT2D eigenvalue weighted by Gasteiger charge is -2.37. The quantitative estimate of drug-likeness (QED) is 0.0717. The number of aromatic nitrogens is 4. The highest BCUT2D eigenvalue weighted by atomic mass is 16.5. The number of benzene rings is 6. The molecule has 1 N–H and O–H groups in total. The van der Waals surface area contributed by atoms with E-state index in [1.165, 1.54) is 0 Å². The van der Waals surface area contributed by atoms with E-state index >= 15 is 0 Å². The monoisotopic (exact) mass is 819 g/mol. The second kappa shape index (κ2) is 18.7. The molecule has 0 radical (unpaired) electrons. The van der Waals surface area contributed by atoms with Gasteiger partial charge >= 0.3 is 0 Å². The van der Waals surface area contributed by atoms with Crippen molar-refractivity contribution in [2.75, 3.05) is 19.0 Å². The average molecular weight is 820 g/mol. The molecule has 1 fully saturated rings. The van der Waals surface area contributed by atoms with Gasteiger partial charge in [-0.2, -0.15) is 9.97 Å². The molecule has 9 nitrogen and oxygen atoms in total.